The van der Waals surface area contributed by atoms with Crippen LogP contribution in [0.4, 0.5) is 10.1 Å². The molecule has 2 fully saturated rings. The summed E-state index contributed by atoms with van der Waals surface area (Å²) in [4.78, 5) is 31.4. The number of amides is 1. The zero-order chi connectivity index (χ0) is 30.1. The van der Waals surface area contributed by atoms with Gasteiger partial charge in [-0.3, -0.25) is 14.5 Å². The highest BCUT2D eigenvalue weighted by molar-refractivity contribution is 5.98. The van der Waals surface area contributed by atoms with Crippen LogP contribution in [0.15, 0.2) is 35.1 Å². The fraction of sp³-hybridized carbons (Fsp3) is 0.471. The van der Waals surface area contributed by atoms with Crippen molar-refractivity contribution in [1.29, 1.82) is 0 Å². The lowest BCUT2D eigenvalue weighted by atomic mass is 9.94. The Hall–Kier alpha value is -3.53. The second kappa shape index (κ2) is 12.6. The largest absolute Gasteiger partial charge is 0.382 e. The van der Waals surface area contributed by atoms with Crippen LogP contribution in [0, 0.1) is 26.6 Å². The van der Waals surface area contributed by atoms with E-state index in [1.54, 1.807) is 6.07 Å². The lowest BCUT2D eigenvalue weighted by Gasteiger charge is -2.32. The first-order valence-electron chi connectivity index (χ1n) is 15.4. The number of carbonyl (C=O) groups is 1. The van der Waals surface area contributed by atoms with Gasteiger partial charge in [0.05, 0.1) is 13.2 Å². The summed E-state index contributed by atoms with van der Waals surface area (Å²) in [5.41, 5.74) is 7.49. The fourth-order valence-corrected chi connectivity index (χ4v) is 6.81. The van der Waals surface area contributed by atoms with E-state index in [4.69, 9.17) is 9.47 Å². The first-order valence-corrected chi connectivity index (χ1v) is 15.4. The SMILES string of the molecule is Cc1cc(C)c(CNC(=O)c2cc(-c3cc(F)c4c(c3)CCC4N3CCOCC3)cc(NC3CCOCC3)c2C)c(=O)[nH]1. The normalized spacial score (nSPS) is 19.3. The van der Waals surface area contributed by atoms with E-state index in [1.165, 1.54) is 0 Å². The number of nitrogens with one attached hydrogen (secondary N) is 3. The van der Waals surface area contributed by atoms with Crippen molar-refractivity contribution in [2.45, 2.75) is 65.1 Å². The molecule has 0 saturated carbocycles. The van der Waals surface area contributed by atoms with Crippen molar-refractivity contribution in [1.82, 2.24) is 15.2 Å². The summed E-state index contributed by atoms with van der Waals surface area (Å²) in [6, 6.07) is 9.80. The summed E-state index contributed by atoms with van der Waals surface area (Å²) < 4.78 is 26.9. The molecule has 8 nitrogen and oxygen atoms in total. The Kier molecular flexibility index (Phi) is 8.66. The van der Waals surface area contributed by atoms with Gasteiger partial charge in [0, 0.05) is 73.0 Å². The Balaban J connectivity index is 1.33. The number of aromatic amines is 1. The van der Waals surface area contributed by atoms with E-state index in [9.17, 15) is 9.59 Å². The summed E-state index contributed by atoms with van der Waals surface area (Å²) in [6.07, 6.45) is 3.46. The molecule has 3 N–H and O–H groups in total. The van der Waals surface area contributed by atoms with Gasteiger partial charge in [0.15, 0.2) is 0 Å². The van der Waals surface area contributed by atoms with Crippen molar-refractivity contribution in [3.05, 3.63) is 85.6 Å². The molecule has 6 rings (SSSR count). The molecule has 228 valence electrons. The minimum absolute atomic E-state index is 0.0754. The highest BCUT2D eigenvalue weighted by Crippen LogP contribution is 2.41. The molecule has 43 heavy (non-hydrogen) atoms. The molecule has 1 unspecified atom stereocenters. The number of hydrogen-bond donors (Lipinski definition) is 3. The van der Waals surface area contributed by atoms with E-state index in [-0.39, 0.29) is 35.9 Å². The van der Waals surface area contributed by atoms with Gasteiger partial charge >= 0.3 is 0 Å². The highest BCUT2D eigenvalue weighted by Gasteiger charge is 2.32. The quantitative estimate of drug-likeness (QED) is 0.362. The van der Waals surface area contributed by atoms with Crippen LogP contribution in [0.2, 0.25) is 0 Å². The number of hydrogen-bond acceptors (Lipinski definition) is 6. The number of halogens is 1. The number of fused-ring (bicyclic) bond motifs is 1. The van der Waals surface area contributed by atoms with Gasteiger partial charge in [-0.1, -0.05) is 6.07 Å². The number of nitrogens with zero attached hydrogens (tertiary/aromatic N) is 1. The first-order chi connectivity index (χ1) is 20.8. The average molecular weight is 589 g/mol. The molecule has 3 aromatic rings. The second-order valence-electron chi connectivity index (χ2n) is 12.1. The number of H-pyrrole nitrogens is 1. The van der Waals surface area contributed by atoms with Crippen molar-refractivity contribution in [3.8, 4) is 11.1 Å². The number of rotatable bonds is 7. The van der Waals surface area contributed by atoms with Crippen molar-refractivity contribution in [2.75, 3.05) is 44.8 Å². The van der Waals surface area contributed by atoms with E-state index in [0.29, 0.717) is 37.6 Å². The molecule has 0 spiro atoms. The minimum Gasteiger partial charge on any atom is -0.382 e. The molecule has 0 radical (unpaired) electrons. The molecular weight excluding hydrogens is 547 g/mol. The molecule has 2 saturated heterocycles. The molecule has 3 aliphatic rings. The van der Waals surface area contributed by atoms with Gasteiger partial charge < -0.3 is 25.1 Å². The van der Waals surface area contributed by atoms with Crippen LogP contribution in [-0.4, -0.2) is 61.3 Å². The molecule has 1 atom stereocenters. The molecule has 3 heterocycles. The van der Waals surface area contributed by atoms with Crippen LogP contribution in [0.25, 0.3) is 11.1 Å². The number of pyridine rings is 1. The smallest absolute Gasteiger partial charge is 0.253 e. The maximum atomic E-state index is 15.9. The van der Waals surface area contributed by atoms with Crippen molar-refractivity contribution >= 4 is 11.6 Å². The van der Waals surface area contributed by atoms with Crippen molar-refractivity contribution in [2.24, 2.45) is 0 Å². The molecule has 2 aromatic carbocycles. The summed E-state index contributed by atoms with van der Waals surface area (Å²) in [5, 5.41) is 6.61. The van der Waals surface area contributed by atoms with Crippen LogP contribution in [-0.2, 0) is 22.4 Å². The zero-order valence-corrected chi connectivity index (χ0v) is 25.3. The zero-order valence-electron chi connectivity index (χ0n) is 25.3. The van der Waals surface area contributed by atoms with E-state index in [0.717, 1.165) is 83.5 Å². The number of carbonyl (C=O) groups excluding carboxylic acids is 1. The molecule has 9 heteroatoms. The van der Waals surface area contributed by atoms with E-state index in [1.807, 2.05) is 39.0 Å². The third-order valence-corrected chi connectivity index (χ3v) is 9.21. The Morgan fingerprint density at radius 2 is 1.70 bits per heavy atom. The highest BCUT2D eigenvalue weighted by atomic mass is 19.1. The Morgan fingerprint density at radius 3 is 2.44 bits per heavy atom. The van der Waals surface area contributed by atoms with E-state index >= 15 is 4.39 Å². The predicted molar refractivity (Wildman–Crippen MR) is 165 cm³/mol. The van der Waals surface area contributed by atoms with Gasteiger partial charge in [0.2, 0.25) is 0 Å². The van der Waals surface area contributed by atoms with Crippen LogP contribution in [0.3, 0.4) is 0 Å². The lowest BCUT2D eigenvalue weighted by Crippen LogP contribution is -2.38. The number of benzene rings is 2. The van der Waals surface area contributed by atoms with Gasteiger partial charge in [-0.25, -0.2) is 4.39 Å². The molecule has 0 bridgehead atoms. The van der Waals surface area contributed by atoms with E-state index < -0.39 is 0 Å². The second-order valence-corrected chi connectivity index (χ2v) is 12.1. The monoisotopic (exact) mass is 588 g/mol. The Morgan fingerprint density at radius 1 is 0.977 bits per heavy atom. The van der Waals surface area contributed by atoms with Crippen LogP contribution >= 0.6 is 0 Å². The molecule has 1 aromatic heterocycles. The number of ether oxygens (including phenoxy) is 2. The summed E-state index contributed by atoms with van der Waals surface area (Å²) in [5.74, 6) is -0.469. The van der Waals surface area contributed by atoms with Gasteiger partial charge in [0.1, 0.15) is 5.82 Å². The van der Waals surface area contributed by atoms with Crippen LogP contribution in [0.5, 0.6) is 0 Å². The topological polar surface area (TPSA) is 95.7 Å². The van der Waals surface area contributed by atoms with Crippen molar-refractivity contribution < 1.29 is 18.7 Å². The lowest BCUT2D eigenvalue weighted by molar-refractivity contribution is 0.0158. The van der Waals surface area contributed by atoms with Crippen molar-refractivity contribution in [3.63, 3.8) is 0 Å². The molecule has 1 amide bonds. The third kappa shape index (κ3) is 6.25. The van der Waals surface area contributed by atoms with E-state index in [2.05, 4.69) is 26.6 Å². The summed E-state index contributed by atoms with van der Waals surface area (Å²) in [7, 11) is 0. The molecule has 1 aliphatic carbocycles. The van der Waals surface area contributed by atoms with Gasteiger partial charge in [-0.2, -0.15) is 0 Å². The molecule has 2 aliphatic heterocycles. The number of anilines is 1. The number of aromatic nitrogens is 1. The Labute approximate surface area is 252 Å². The average Bonchev–Trinajstić information content (AvgIpc) is 3.43. The maximum Gasteiger partial charge on any atom is 0.253 e. The fourth-order valence-electron chi connectivity index (χ4n) is 6.81. The standard InChI is InChI=1S/C34H41FN4O4/c1-20-14-21(2)37-34(41)28(20)19-36-33(40)27-16-25(18-30(22(27)3)38-26-6-10-42-11-7-26)24-15-23-4-5-31(32(23)29(35)17-24)39-8-12-43-13-9-39/h14-18,26,31,38H,4-13,19H2,1-3H3,(H,36,40)(H,37,41). The minimum atomic E-state index is -0.275. The predicted octanol–water partition coefficient (Wildman–Crippen LogP) is 4.95. The van der Waals surface area contributed by atoms with Crippen LogP contribution in [0.1, 0.15) is 69.2 Å². The molecular formula is C34H41FN4O4. The summed E-state index contributed by atoms with van der Waals surface area (Å²) >= 11 is 0. The maximum absolute atomic E-state index is 15.9. The van der Waals surface area contributed by atoms with Gasteiger partial charge in [-0.15, -0.1) is 0 Å². The van der Waals surface area contributed by atoms with Gasteiger partial charge in [-0.05, 0) is 98.5 Å². The first kappa shape index (κ1) is 29.5. The van der Waals surface area contributed by atoms with Crippen LogP contribution < -0.4 is 16.2 Å². The van der Waals surface area contributed by atoms with Gasteiger partial charge in [0.25, 0.3) is 11.5 Å². The number of morpholine rings is 1. The Bertz CT molecular complexity index is 1570. The summed E-state index contributed by atoms with van der Waals surface area (Å²) in [6.45, 7) is 10.1. The third-order valence-electron chi connectivity index (χ3n) is 9.21. The number of aryl methyl sites for hydroxylation is 3.